The number of aryl methyl sites for hydroxylation is 2. The van der Waals surface area contributed by atoms with Crippen molar-refractivity contribution < 1.29 is 14.2 Å². The van der Waals surface area contributed by atoms with Crippen molar-refractivity contribution in [2.75, 3.05) is 0 Å². The van der Waals surface area contributed by atoms with Gasteiger partial charge in [-0.1, -0.05) is 23.8 Å². The van der Waals surface area contributed by atoms with Gasteiger partial charge in [-0.15, -0.1) is 0 Å². The molecule has 0 N–H and O–H groups in total. The Morgan fingerprint density at radius 1 is 0.654 bits per heavy atom. The van der Waals surface area contributed by atoms with E-state index in [0.717, 1.165) is 28.4 Å². The molecule has 2 aromatic carbocycles. The molecule has 0 aliphatic heterocycles. The predicted molar refractivity (Wildman–Crippen MR) is 109 cm³/mol. The highest BCUT2D eigenvalue weighted by Gasteiger charge is 2.20. The van der Waals surface area contributed by atoms with Gasteiger partial charge in [-0.05, 0) is 66.5 Å². The molecule has 0 amide bonds. The van der Waals surface area contributed by atoms with Gasteiger partial charge in [-0.2, -0.15) is 0 Å². The van der Waals surface area contributed by atoms with Gasteiger partial charge in [0.1, 0.15) is 17.2 Å². The van der Waals surface area contributed by atoms with Gasteiger partial charge in [0.25, 0.3) is 0 Å². The molecule has 0 fully saturated rings. The van der Waals surface area contributed by atoms with E-state index in [1.165, 1.54) is 11.1 Å². The Hall–Kier alpha value is -2.16. The minimum atomic E-state index is 0.0556. The summed E-state index contributed by atoms with van der Waals surface area (Å²) in [7, 11) is 0. The quantitative estimate of drug-likeness (QED) is 0.580. The third kappa shape index (κ3) is 5.17. The summed E-state index contributed by atoms with van der Waals surface area (Å²) in [5.74, 6) is 2.35. The van der Waals surface area contributed by atoms with Gasteiger partial charge in [0.2, 0.25) is 0 Å². The first kappa shape index (κ1) is 20.2. The van der Waals surface area contributed by atoms with E-state index in [-0.39, 0.29) is 18.3 Å². The van der Waals surface area contributed by atoms with Gasteiger partial charge in [0.15, 0.2) is 0 Å². The fourth-order valence-corrected chi connectivity index (χ4v) is 2.87. The molecule has 0 atom stereocenters. The minimum absolute atomic E-state index is 0.0556. The van der Waals surface area contributed by atoms with Gasteiger partial charge >= 0.3 is 0 Å². The molecule has 0 radical (unpaired) electrons. The summed E-state index contributed by atoms with van der Waals surface area (Å²) < 4.78 is 18.3. The molecule has 0 spiro atoms. The van der Waals surface area contributed by atoms with E-state index in [0.29, 0.717) is 0 Å². The zero-order chi connectivity index (χ0) is 19.4. The van der Waals surface area contributed by atoms with Crippen molar-refractivity contribution in [3.63, 3.8) is 0 Å². The third-order valence-corrected chi connectivity index (χ3v) is 3.80. The smallest absolute Gasteiger partial charge is 0.134 e. The average molecular weight is 357 g/mol. The van der Waals surface area contributed by atoms with Crippen molar-refractivity contribution >= 4 is 0 Å². The van der Waals surface area contributed by atoms with Crippen LogP contribution in [0.2, 0.25) is 0 Å². The lowest BCUT2D eigenvalue weighted by Crippen LogP contribution is -2.12. The van der Waals surface area contributed by atoms with Crippen LogP contribution in [0, 0.1) is 13.8 Å². The summed E-state index contributed by atoms with van der Waals surface area (Å²) in [6, 6.07) is 10.4. The third-order valence-electron chi connectivity index (χ3n) is 3.80. The molecule has 3 heteroatoms. The highest BCUT2D eigenvalue weighted by atomic mass is 16.5. The largest absolute Gasteiger partial charge is 0.491 e. The fraction of sp³-hybridized carbons (Fsp3) is 0.478. The lowest BCUT2D eigenvalue weighted by Gasteiger charge is -2.23. The molecular weight excluding hydrogens is 324 g/mol. The molecule has 0 heterocycles. The van der Waals surface area contributed by atoms with Crippen LogP contribution in [0.25, 0.3) is 11.1 Å². The van der Waals surface area contributed by atoms with Gasteiger partial charge in [-0.3, -0.25) is 0 Å². The lowest BCUT2D eigenvalue weighted by atomic mass is 9.96. The van der Waals surface area contributed by atoms with Crippen molar-refractivity contribution in [1.29, 1.82) is 0 Å². The van der Waals surface area contributed by atoms with E-state index >= 15 is 0 Å². The second-order valence-corrected chi connectivity index (χ2v) is 7.61. The fourth-order valence-electron chi connectivity index (χ4n) is 2.87. The zero-order valence-electron chi connectivity index (χ0n) is 17.3. The van der Waals surface area contributed by atoms with E-state index < -0.39 is 0 Å². The van der Waals surface area contributed by atoms with Crippen LogP contribution in [0.3, 0.4) is 0 Å². The van der Waals surface area contributed by atoms with Crippen LogP contribution >= 0.6 is 0 Å². The van der Waals surface area contributed by atoms with Crippen LogP contribution in [-0.2, 0) is 0 Å². The van der Waals surface area contributed by atoms with Crippen molar-refractivity contribution in [1.82, 2.24) is 0 Å². The Kier molecular flexibility index (Phi) is 6.57. The Balaban J connectivity index is 2.73. The van der Waals surface area contributed by atoms with Crippen LogP contribution in [0.15, 0.2) is 30.3 Å². The van der Waals surface area contributed by atoms with E-state index in [1.54, 1.807) is 0 Å². The molecule has 2 rings (SSSR count). The maximum absolute atomic E-state index is 6.18. The first-order valence-electron chi connectivity index (χ1n) is 9.43. The van der Waals surface area contributed by atoms with E-state index in [2.05, 4.69) is 32.0 Å². The minimum Gasteiger partial charge on any atom is -0.491 e. The summed E-state index contributed by atoms with van der Waals surface area (Å²) in [4.78, 5) is 0. The van der Waals surface area contributed by atoms with Crippen LogP contribution in [-0.4, -0.2) is 18.3 Å². The van der Waals surface area contributed by atoms with E-state index in [9.17, 15) is 0 Å². The molecule has 0 aromatic heterocycles. The topological polar surface area (TPSA) is 27.7 Å². The summed E-state index contributed by atoms with van der Waals surface area (Å²) in [5, 5.41) is 0. The van der Waals surface area contributed by atoms with Crippen molar-refractivity contribution in [2.24, 2.45) is 0 Å². The summed E-state index contributed by atoms with van der Waals surface area (Å²) >= 11 is 0. The lowest BCUT2D eigenvalue weighted by molar-refractivity contribution is 0.218. The number of hydrogen-bond acceptors (Lipinski definition) is 3. The molecule has 0 bridgehead atoms. The molecular formula is C23H32O3. The molecule has 0 aliphatic carbocycles. The van der Waals surface area contributed by atoms with E-state index in [4.69, 9.17) is 14.2 Å². The van der Waals surface area contributed by atoms with Crippen molar-refractivity contribution in [2.45, 2.75) is 73.7 Å². The highest BCUT2D eigenvalue weighted by Crippen LogP contribution is 2.44. The molecule has 0 saturated heterocycles. The molecule has 0 aliphatic rings. The Bertz CT molecular complexity index is 714. The second-order valence-electron chi connectivity index (χ2n) is 7.61. The Morgan fingerprint density at radius 2 is 1.15 bits per heavy atom. The first-order valence-corrected chi connectivity index (χ1v) is 9.43. The van der Waals surface area contributed by atoms with Crippen molar-refractivity contribution in [3.05, 3.63) is 41.5 Å². The number of rotatable bonds is 7. The zero-order valence-corrected chi connectivity index (χ0v) is 17.3. The molecule has 0 unspecified atom stereocenters. The number of hydrogen-bond donors (Lipinski definition) is 0. The van der Waals surface area contributed by atoms with Crippen LogP contribution in [0.4, 0.5) is 0 Å². The Labute approximate surface area is 158 Å². The summed E-state index contributed by atoms with van der Waals surface area (Å²) in [6.07, 6.45) is 0.195. The maximum Gasteiger partial charge on any atom is 0.134 e. The SMILES string of the molecule is Cc1ccc(C)c(-c2c(OC(C)C)cc(OC(C)C)cc2OC(C)C)c1. The van der Waals surface area contributed by atoms with Gasteiger partial charge in [0, 0.05) is 12.1 Å². The number of ether oxygens (including phenoxy) is 3. The molecule has 3 nitrogen and oxygen atoms in total. The second kappa shape index (κ2) is 8.48. The predicted octanol–water partition coefficient (Wildman–Crippen LogP) is 6.33. The standard InChI is InChI=1S/C23H32O3/c1-14(2)24-19-12-21(25-15(3)4)23(22(13-19)26-16(5)6)20-11-17(7)9-10-18(20)8/h9-16H,1-8H3. The summed E-state index contributed by atoms with van der Waals surface area (Å²) in [6.45, 7) is 16.4. The van der Waals surface area contributed by atoms with Crippen molar-refractivity contribution in [3.8, 4) is 28.4 Å². The van der Waals surface area contributed by atoms with E-state index in [1.807, 2.05) is 53.7 Å². The molecule has 2 aromatic rings. The normalized spacial score (nSPS) is 11.3. The van der Waals surface area contributed by atoms with Gasteiger partial charge in [0.05, 0.1) is 23.9 Å². The van der Waals surface area contributed by atoms with Gasteiger partial charge in [-0.25, -0.2) is 0 Å². The summed E-state index contributed by atoms with van der Waals surface area (Å²) in [5.41, 5.74) is 4.52. The Morgan fingerprint density at radius 3 is 1.62 bits per heavy atom. The molecule has 142 valence electrons. The van der Waals surface area contributed by atoms with Crippen LogP contribution in [0.5, 0.6) is 17.2 Å². The number of benzene rings is 2. The molecule has 26 heavy (non-hydrogen) atoms. The maximum atomic E-state index is 6.18. The molecule has 0 saturated carbocycles. The highest BCUT2D eigenvalue weighted by molar-refractivity contribution is 5.80. The average Bonchev–Trinajstić information content (AvgIpc) is 2.48. The van der Waals surface area contributed by atoms with Crippen LogP contribution in [0.1, 0.15) is 52.7 Å². The van der Waals surface area contributed by atoms with Crippen LogP contribution < -0.4 is 14.2 Å². The first-order chi connectivity index (χ1) is 12.2. The monoisotopic (exact) mass is 356 g/mol. The van der Waals surface area contributed by atoms with Gasteiger partial charge < -0.3 is 14.2 Å².